The maximum atomic E-state index is 13.3. The van der Waals surface area contributed by atoms with Crippen molar-refractivity contribution in [2.75, 3.05) is 4.90 Å². The Morgan fingerprint density at radius 2 is 1.11 bits per heavy atom. The van der Waals surface area contributed by atoms with E-state index in [1.807, 2.05) is 60.7 Å². The van der Waals surface area contributed by atoms with E-state index >= 15 is 0 Å². The summed E-state index contributed by atoms with van der Waals surface area (Å²) in [7, 11) is 0. The molecule has 2 amide bonds. The lowest BCUT2D eigenvalue weighted by Gasteiger charge is -2.26. The van der Waals surface area contributed by atoms with Crippen molar-refractivity contribution in [2.45, 2.75) is 5.41 Å². The molecule has 1 heterocycles. The van der Waals surface area contributed by atoms with Gasteiger partial charge >= 0.3 is 0 Å². The topological polar surface area (TPSA) is 37.4 Å². The van der Waals surface area contributed by atoms with Crippen LogP contribution in [-0.2, 0) is 15.0 Å². The highest BCUT2D eigenvalue weighted by Gasteiger charge is 2.78. The molecule has 0 aromatic heterocycles. The van der Waals surface area contributed by atoms with Crippen LogP contribution in [0.25, 0.3) is 0 Å². The minimum atomic E-state index is -0.570. The summed E-state index contributed by atoms with van der Waals surface area (Å²) in [5, 5.41) is 0.575. The molecule has 0 bridgehead atoms. The van der Waals surface area contributed by atoms with Crippen LogP contribution in [0.5, 0.6) is 0 Å². The van der Waals surface area contributed by atoms with E-state index in [9.17, 15) is 9.59 Å². The summed E-state index contributed by atoms with van der Waals surface area (Å²) in [6.07, 6.45) is 0. The summed E-state index contributed by atoms with van der Waals surface area (Å²) in [5.41, 5.74) is 2.04. The van der Waals surface area contributed by atoms with E-state index in [1.165, 1.54) is 4.90 Å². The third kappa shape index (κ3) is 2.15. The first-order valence-corrected chi connectivity index (χ1v) is 9.28. The van der Waals surface area contributed by atoms with Gasteiger partial charge in [-0.25, -0.2) is 4.90 Å². The fourth-order valence-corrected chi connectivity index (χ4v) is 4.73. The molecular weight excluding hydrogens is 358 g/mol. The first kappa shape index (κ1) is 16.3. The monoisotopic (exact) mass is 373 g/mol. The van der Waals surface area contributed by atoms with Crippen LogP contribution < -0.4 is 4.90 Å². The SMILES string of the molecule is O=C1[C@@H]2[C@@H](C(=O)N1c1ccc(Cl)cc1)C2(c1ccccc1)c1ccccc1. The summed E-state index contributed by atoms with van der Waals surface area (Å²) in [4.78, 5) is 27.9. The zero-order valence-corrected chi connectivity index (χ0v) is 15.1. The molecule has 0 N–H and O–H groups in total. The van der Waals surface area contributed by atoms with E-state index in [-0.39, 0.29) is 23.7 Å². The third-order valence-electron chi connectivity index (χ3n) is 5.77. The smallest absolute Gasteiger partial charge is 0.239 e. The van der Waals surface area contributed by atoms with E-state index in [1.54, 1.807) is 24.3 Å². The number of anilines is 1. The molecule has 2 fully saturated rings. The van der Waals surface area contributed by atoms with Gasteiger partial charge in [-0.15, -0.1) is 0 Å². The summed E-state index contributed by atoms with van der Waals surface area (Å²) in [5.74, 6) is -1.02. The first-order valence-electron chi connectivity index (χ1n) is 8.90. The Morgan fingerprint density at radius 1 is 0.667 bits per heavy atom. The fourth-order valence-electron chi connectivity index (χ4n) is 4.61. The number of nitrogens with zero attached hydrogens (tertiary/aromatic N) is 1. The number of carbonyl (C=O) groups excluding carboxylic acids is 2. The van der Waals surface area contributed by atoms with Crippen molar-refractivity contribution >= 4 is 29.1 Å². The Hall–Kier alpha value is -2.91. The number of carbonyl (C=O) groups is 2. The van der Waals surface area contributed by atoms with Gasteiger partial charge in [-0.2, -0.15) is 0 Å². The van der Waals surface area contributed by atoms with Gasteiger partial charge in [-0.3, -0.25) is 9.59 Å². The number of benzene rings is 3. The minimum absolute atomic E-state index is 0.139. The molecule has 1 saturated heterocycles. The second kappa shape index (κ2) is 5.80. The second-order valence-corrected chi connectivity index (χ2v) is 7.48. The van der Waals surface area contributed by atoms with Gasteiger partial charge in [-0.1, -0.05) is 72.3 Å². The van der Waals surface area contributed by atoms with Gasteiger partial charge in [0.2, 0.25) is 11.8 Å². The van der Waals surface area contributed by atoms with Crippen LogP contribution in [0.3, 0.4) is 0 Å². The molecule has 4 heteroatoms. The minimum Gasteiger partial charge on any atom is -0.274 e. The zero-order valence-electron chi connectivity index (χ0n) is 14.4. The molecule has 3 nitrogen and oxygen atoms in total. The van der Waals surface area contributed by atoms with Gasteiger partial charge in [0, 0.05) is 10.4 Å². The van der Waals surface area contributed by atoms with Crippen molar-refractivity contribution in [1.29, 1.82) is 0 Å². The lowest BCUT2D eigenvalue weighted by Crippen LogP contribution is -2.39. The number of halogens is 1. The van der Waals surface area contributed by atoms with Crippen molar-refractivity contribution in [3.63, 3.8) is 0 Å². The average Bonchev–Trinajstić information content (AvgIpc) is 3.35. The largest absolute Gasteiger partial charge is 0.274 e. The maximum Gasteiger partial charge on any atom is 0.239 e. The number of imide groups is 1. The Bertz CT molecular complexity index is 967. The standard InChI is InChI=1S/C23H16ClNO2/c24-17-11-13-18(14-12-17)25-21(26)19-20(22(25)27)23(19,15-7-3-1-4-8-15)16-9-5-2-6-10-16/h1-14,19-20H/t19-,20-/m0/s1. The van der Waals surface area contributed by atoms with Gasteiger partial charge in [0.1, 0.15) is 0 Å². The fraction of sp³-hybridized carbons (Fsp3) is 0.130. The van der Waals surface area contributed by atoms with Crippen molar-refractivity contribution in [1.82, 2.24) is 0 Å². The molecule has 2 atom stereocenters. The summed E-state index contributed by atoms with van der Waals surface area (Å²) in [6, 6.07) is 26.6. The van der Waals surface area contributed by atoms with E-state index < -0.39 is 5.41 Å². The molecule has 0 spiro atoms. The molecule has 1 aliphatic heterocycles. The third-order valence-corrected chi connectivity index (χ3v) is 6.02. The first-order chi connectivity index (χ1) is 13.2. The predicted octanol–water partition coefficient (Wildman–Crippen LogP) is 4.45. The average molecular weight is 374 g/mol. The van der Waals surface area contributed by atoms with E-state index in [2.05, 4.69) is 0 Å². The number of fused-ring (bicyclic) bond motifs is 1. The van der Waals surface area contributed by atoms with Crippen LogP contribution in [0.2, 0.25) is 5.02 Å². The highest BCUT2D eigenvalue weighted by Crippen LogP contribution is 2.68. The normalized spacial score (nSPS) is 22.6. The number of amides is 2. The zero-order chi connectivity index (χ0) is 18.6. The molecule has 132 valence electrons. The number of hydrogen-bond acceptors (Lipinski definition) is 2. The lowest BCUT2D eigenvalue weighted by atomic mass is 9.83. The Balaban J connectivity index is 1.61. The molecule has 5 rings (SSSR count). The van der Waals surface area contributed by atoms with Crippen LogP contribution in [0.15, 0.2) is 84.9 Å². The van der Waals surface area contributed by atoms with Crippen molar-refractivity contribution < 1.29 is 9.59 Å². The maximum absolute atomic E-state index is 13.3. The number of hydrogen-bond donors (Lipinski definition) is 0. The molecule has 1 aliphatic carbocycles. The van der Waals surface area contributed by atoms with Gasteiger partial charge in [-0.05, 0) is 35.4 Å². The van der Waals surface area contributed by atoms with Crippen LogP contribution in [0, 0.1) is 11.8 Å². The quantitative estimate of drug-likeness (QED) is 0.636. The Kier molecular flexibility index (Phi) is 3.49. The predicted molar refractivity (Wildman–Crippen MR) is 105 cm³/mol. The molecule has 0 radical (unpaired) electrons. The van der Waals surface area contributed by atoms with Crippen LogP contribution in [0.1, 0.15) is 11.1 Å². The molecule has 27 heavy (non-hydrogen) atoms. The molecule has 1 saturated carbocycles. The van der Waals surface area contributed by atoms with Crippen LogP contribution in [-0.4, -0.2) is 11.8 Å². The molecule has 0 unspecified atom stereocenters. The lowest BCUT2D eigenvalue weighted by molar-refractivity contribution is -0.124. The molecule has 2 aliphatic rings. The van der Waals surface area contributed by atoms with Crippen molar-refractivity contribution in [3.05, 3.63) is 101 Å². The van der Waals surface area contributed by atoms with E-state index in [4.69, 9.17) is 11.6 Å². The van der Waals surface area contributed by atoms with Crippen LogP contribution in [0.4, 0.5) is 5.69 Å². The highest BCUT2D eigenvalue weighted by atomic mass is 35.5. The summed E-state index contributed by atoms with van der Waals surface area (Å²) < 4.78 is 0. The second-order valence-electron chi connectivity index (χ2n) is 7.04. The highest BCUT2D eigenvalue weighted by molar-refractivity contribution is 6.31. The Labute approximate surface area is 162 Å². The summed E-state index contributed by atoms with van der Waals surface area (Å²) in [6.45, 7) is 0. The molecular formula is C23H16ClNO2. The van der Waals surface area contributed by atoms with Crippen molar-refractivity contribution in [2.24, 2.45) is 11.8 Å². The van der Waals surface area contributed by atoms with Gasteiger partial charge in [0.05, 0.1) is 17.5 Å². The van der Waals surface area contributed by atoms with Crippen LogP contribution >= 0.6 is 11.6 Å². The number of rotatable bonds is 3. The number of piperidine rings is 1. The van der Waals surface area contributed by atoms with Gasteiger partial charge in [0.25, 0.3) is 0 Å². The summed E-state index contributed by atoms with van der Waals surface area (Å²) >= 11 is 5.95. The van der Waals surface area contributed by atoms with E-state index in [0.29, 0.717) is 10.7 Å². The van der Waals surface area contributed by atoms with Gasteiger partial charge in [0.15, 0.2) is 0 Å². The molecule has 3 aromatic carbocycles. The molecule has 3 aromatic rings. The van der Waals surface area contributed by atoms with Crippen molar-refractivity contribution in [3.8, 4) is 0 Å². The van der Waals surface area contributed by atoms with Gasteiger partial charge < -0.3 is 0 Å². The Morgan fingerprint density at radius 3 is 1.56 bits per heavy atom. The van der Waals surface area contributed by atoms with E-state index in [0.717, 1.165) is 11.1 Å².